The highest BCUT2D eigenvalue weighted by Crippen LogP contribution is 2.35. The summed E-state index contributed by atoms with van der Waals surface area (Å²) in [6, 6.07) is 18.5. The number of nitrogens with zero attached hydrogens (tertiary/aromatic N) is 2. The standard InChI is InChI=1S/C31H37N3O4/c1-22(2)20-32-29(36)27(19-23-11-5-3-6-12-23)34(21-24-13-7-4-8-14-24)28(35)17-18-33-30(37)25-15-9-10-16-26(25)31(33)38/h3-14,22,25-27H,15-21H2,1-2H3,(H,32,36)/t25-,26+,27?. The SMILES string of the molecule is CC(C)CNC(=O)C(Cc1ccccc1)N(Cc1ccccc1)C(=O)CCN1C(=O)[C@H]2CC=CC[C@H]2C1=O. The smallest absolute Gasteiger partial charge is 0.243 e. The first-order valence-electron chi connectivity index (χ1n) is 13.5. The molecule has 4 rings (SSSR count). The second-order valence-corrected chi connectivity index (χ2v) is 10.6. The van der Waals surface area contributed by atoms with E-state index in [2.05, 4.69) is 5.32 Å². The minimum absolute atomic E-state index is 0.0278. The molecule has 1 saturated heterocycles. The number of rotatable bonds is 11. The van der Waals surface area contributed by atoms with E-state index < -0.39 is 6.04 Å². The van der Waals surface area contributed by atoms with Crippen LogP contribution in [0.2, 0.25) is 0 Å². The minimum atomic E-state index is -0.736. The molecule has 7 heteroatoms. The van der Waals surface area contributed by atoms with Crippen molar-refractivity contribution < 1.29 is 19.2 Å². The maximum atomic E-state index is 13.8. The van der Waals surface area contributed by atoms with E-state index in [4.69, 9.17) is 0 Å². The van der Waals surface area contributed by atoms with E-state index >= 15 is 0 Å². The van der Waals surface area contributed by atoms with Crippen LogP contribution in [-0.4, -0.2) is 52.6 Å². The van der Waals surface area contributed by atoms with Crippen molar-refractivity contribution in [1.82, 2.24) is 15.1 Å². The van der Waals surface area contributed by atoms with E-state index in [1.54, 1.807) is 4.90 Å². The Labute approximate surface area is 224 Å². The number of amides is 4. The predicted octanol–water partition coefficient (Wildman–Crippen LogP) is 3.74. The molecule has 7 nitrogen and oxygen atoms in total. The number of hydrogen-bond acceptors (Lipinski definition) is 4. The molecule has 4 amide bonds. The van der Waals surface area contributed by atoms with Crippen LogP contribution in [0.4, 0.5) is 0 Å². The zero-order valence-corrected chi connectivity index (χ0v) is 22.2. The lowest BCUT2D eigenvalue weighted by Crippen LogP contribution is -2.51. The summed E-state index contributed by atoms with van der Waals surface area (Å²) in [5.41, 5.74) is 1.85. The Morgan fingerprint density at radius 2 is 1.45 bits per heavy atom. The Morgan fingerprint density at radius 3 is 2.00 bits per heavy atom. The van der Waals surface area contributed by atoms with E-state index in [-0.39, 0.29) is 60.9 Å². The Morgan fingerprint density at radius 1 is 0.895 bits per heavy atom. The second kappa shape index (κ2) is 12.7. The van der Waals surface area contributed by atoms with Gasteiger partial charge in [-0.3, -0.25) is 24.1 Å². The molecule has 2 aromatic carbocycles. The third kappa shape index (κ3) is 6.57. The fourth-order valence-corrected chi connectivity index (χ4v) is 5.20. The van der Waals surface area contributed by atoms with Gasteiger partial charge in [-0.15, -0.1) is 0 Å². The molecule has 2 aromatic rings. The van der Waals surface area contributed by atoms with Gasteiger partial charge in [0.15, 0.2) is 0 Å². The van der Waals surface area contributed by atoms with Gasteiger partial charge in [0.1, 0.15) is 6.04 Å². The maximum Gasteiger partial charge on any atom is 0.243 e. The Kier molecular flexibility index (Phi) is 9.10. The van der Waals surface area contributed by atoms with E-state index in [1.807, 2.05) is 86.7 Å². The van der Waals surface area contributed by atoms with Gasteiger partial charge in [-0.1, -0.05) is 86.7 Å². The van der Waals surface area contributed by atoms with Crippen LogP contribution < -0.4 is 5.32 Å². The molecule has 3 atom stereocenters. The van der Waals surface area contributed by atoms with Gasteiger partial charge in [0.2, 0.25) is 23.6 Å². The number of benzene rings is 2. The van der Waals surface area contributed by atoms with Crippen LogP contribution >= 0.6 is 0 Å². The number of imide groups is 1. The Bertz CT molecular complexity index is 1140. The average Bonchev–Trinajstić information content (AvgIpc) is 3.18. The number of nitrogens with one attached hydrogen (secondary N) is 1. The van der Waals surface area contributed by atoms with Crippen LogP contribution in [0.15, 0.2) is 72.8 Å². The molecule has 38 heavy (non-hydrogen) atoms. The van der Waals surface area contributed by atoms with Gasteiger partial charge < -0.3 is 10.2 Å². The van der Waals surface area contributed by atoms with E-state index in [1.165, 1.54) is 4.90 Å². The monoisotopic (exact) mass is 515 g/mol. The molecule has 1 unspecified atom stereocenters. The first-order chi connectivity index (χ1) is 18.3. The molecule has 0 radical (unpaired) electrons. The van der Waals surface area contributed by atoms with E-state index in [0.717, 1.165) is 11.1 Å². The van der Waals surface area contributed by atoms with Crippen LogP contribution in [0.25, 0.3) is 0 Å². The summed E-state index contributed by atoms with van der Waals surface area (Å²) >= 11 is 0. The molecule has 1 aliphatic carbocycles. The molecule has 0 bridgehead atoms. The molecule has 1 N–H and O–H groups in total. The number of hydrogen-bond donors (Lipinski definition) is 1. The van der Waals surface area contributed by atoms with Crippen LogP contribution in [0, 0.1) is 17.8 Å². The fourth-order valence-electron chi connectivity index (χ4n) is 5.20. The third-order valence-electron chi connectivity index (χ3n) is 7.30. The Balaban J connectivity index is 1.56. The van der Waals surface area contributed by atoms with E-state index in [0.29, 0.717) is 25.8 Å². The fraction of sp³-hybridized carbons (Fsp3) is 0.419. The highest BCUT2D eigenvalue weighted by atomic mass is 16.2. The van der Waals surface area contributed by atoms with Gasteiger partial charge in [-0.2, -0.15) is 0 Å². The van der Waals surface area contributed by atoms with Gasteiger partial charge in [-0.25, -0.2) is 0 Å². The summed E-state index contributed by atoms with van der Waals surface area (Å²) < 4.78 is 0. The lowest BCUT2D eigenvalue weighted by Gasteiger charge is -2.32. The lowest BCUT2D eigenvalue weighted by atomic mass is 9.85. The summed E-state index contributed by atoms with van der Waals surface area (Å²) in [5.74, 6) is -1.24. The maximum absolute atomic E-state index is 13.8. The number of carbonyl (C=O) groups excluding carboxylic acids is 4. The number of carbonyl (C=O) groups is 4. The normalized spacial score (nSPS) is 19.4. The number of allylic oxidation sites excluding steroid dienone is 2. The van der Waals surface area contributed by atoms with Gasteiger partial charge in [0.25, 0.3) is 0 Å². The summed E-state index contributed by atoms with van der Waals surface area (Å²) in [7, 11) is 0. The molecule has 0 saturated carbocycles. The molecule has 1 heterocycles. The first-order valence-corrected chi connectivity index (χ1v) is 13.5. The molecule has 200 valence electrons. The summed E-state index contributed by atoms with van der Waals surface area (Å²) in [6.07, 6.45) is 5.36. The summed E-state index contributed by atoms with van der Waals surface area (Å²) in [4.78, 5) is 56.0. The van der Waals surface area contributed by atoms with Gasteiger partial charge in [0.05, 0.1) is 11.8 Å². The molecule has 0 aromatic heterocycles. The molecule has 1 fully saturated rings. The van der Waals surface area contributed by atoms with Crippen molar-refractivity contribution in [2.24, 2.45) is 17.8 Å². The van der Waals surface area contributed by atoms with Crippen LogP contribution in [0.3, 0.4) is 0 Å². The zero-order valence-electron chi connectivity index (χ0n) is 22.2. The molecule has 1 aliphatic heterocycles. The summed E-state index contributed by atoms with van der Waals surface area (Å²) in [6.45, 7) is 4.84. The highest BCUT2D eigenvalue weighted by Gasteiger charge is 2.47. The largest absolute Gasteiger partial charge is 0.354 e. The van der Waals surface area contributed by atoms with E-state index in [9.17, 15) is 19.2 Å². The minimum Gasteiger partial charge on any atom is -0.354 e. The predicted molar refractivity (Wildman–Crippen MR) is 145 cm³/mol. The number of fused-ring (bicyclic) bond motifs is 1. The van der Waals surface area contributed by atoms with Crippen molar-refractivity contribution in [2.45, 2.75) is 52.1 Å². The summed E-state index contributed by atoms with van der Waals surface area (Å²) in [5, 5.41) is 3.01. The van der Waals surface area contributed by atoms with Crippen molar-refractivity contribution >= 4 is 23.6 Å². The van der Waals surface area contributed by atoms with Crippen molar-refractivity contribution in [3.8, 4) is 0 Å². The highest BCUT2D eigenvalue weighted by molar-refractivity contribution is 6.05. The van der Waals surface area contributed by atoms with Crippen LogP contribution in [-0.2, 0) is 32.1 Å². The van der Waals surface area contributed by atoms with Crippen molar-refractivity contribution in [2.75, 3.05) is 13.1 Å². The Hall–Kier alpha value is -3.74. The van der Waals surface area contributed by atoms with Gasteiger partial charge in [0, 0.05) is 32.5 Å². The zero-order chi connectivity index (χ0) is 27.1. The van der Waals surface area contributed by atoms with Crippen LogP contribution in [0.1, 0.15) is 44.2 Å². The third-order valence-corrected chi connectivity index (χ3v) is 7.30. The van der Waals surface area contributed by atoms with Crippen LogP contribution in [0.5, 0.6) is 0 Å². The quantitative estimate of drug-likeness (QED) is 0.365. The topological polar surface area (TPSA) is 86.8 Å². The lowest BCUT2D eigenvalue weighted by molar-refractivity contribution is -0.144. The van der Waals surface area contributed by atoms with Crippen molar-refractivity contribution in [1.29, 1.82) is 0 Å². The van der Waals surface area contributed by atoms with Crippen molar-refractivity contribution in [3.05, 3.63) is 83.9 Å². The number of likely N-dealkylation sites (tertiary alicyclic amines) is 1. The van der Waals surface area contributed by atoms with Gasteiger partial charge in [-0.05, 0) is 29.9 Å². The second-order valence-electron chi connectivity index (χ2n) is 10.6. The molecular formula is C31H37N3O4. The average molecular weight is 516 g/mol. The molecule has 0 spiro atoms. The van der Waals surface area contributed by atoms with Gasteiger partial charge >= 0.3 is 0 Å². The van der Waals surface area contributed by atoms with Crippen molar-refractivity contribution in [3.63, 3.8) is 0 Å². The molecule has 2 aliphatic rings. The first kappa shape index (κ1) is 27.3. The molecular weight excluding hydrogens is 478 g/mol.